The molecule has 0 fully saturated rings. The number of carbonyl (C=O) groups excluding carboxylic acids is 1. The van der Waals surface area contributed by atoms with Gasteiger partial charge >= 0.3 is 0 Å². The van der Waals surface area contributed by atoms with Crippen LogP contribution >= 0.6 is 0 Å². The van der Waals surface area contributed by atoms with Gasteiger partial charge < -0.3 is 4.74 Å². The summed E-state index contributed by atoms with van der Waals surface area (Å²) in [5.41, 5.74) is 2.65. The smallest absolute Gasteiger partial charge is 0.153 e. The second-order valence-electron chi connectivity index (χ2n) is 4.25. The van der Waals surface area contributed by atoms with Crippen molar-refractivity contribution in [2.24, 2.45) is 0 Å². The van der Waals surface area contributed by atoms with Crippen LogP contribution in [-0.4, -0.2) is 13.4 Å². The molecule has 0 spiro atoms. The number of hydrogen-bond donors (Lipinski definition) is 0. The number of aldehydes is 1. The van der Waals surface area contributed by atoms with Gasteiger partial charge in [0.15, 0.2) is 6.29 Å². The summed E-state index contributed by atoms with van der Waals surface area (Å²) in [6.45, 7) is 2.04. The van der Waals surface area contributed by atoms with Crippen molar-refractivity contribution in [3.8, 4) is 16.9 Å². The molecular weight excluding hydrogens is 243 g/mol. The van der Waals surface area contributed by atoms with Crippen molar-refractivity contribution in [2.75, 3.05) is 7.11 Å². The summed E-state index contributed by atoms with van der Waals surface area (Å²) in [6.07, 6.45) is 1.55. The van der Waals surface area contributed by atoms with E-state index in [0.29, 0.717) is 17.4 Å². The summed E-state index contributed by atoms with van der Waals surface area (Å²) in [7, 11) is 1.42. The molecule has 2 aromatic carbocycles. The Hall–Kier alpha value is -2.16. The molecule has 2 aromatic rings. The van der Waals surface area contributed by atoms with E-state index in [1.807, 2.05) is 31.2 Å². The van der Waals surface area contributed by atoms with Crippen molar-refractivity contribution in [3.63, 3.8) is 0 Å². The van der Waals surface area contributed by atoms with Crippen LogP contribution < -0.4 is 4.74 Å². The van der Waals surface area contributed by atoms with Gasteiger partial charge in [-0.15, -0.1) is 0 Å². The topological polar surface area (TPSA) is 26.3 Å². The molecule has 0 atom stereocenters. The van der Waals surface area contributed by atoms with E-state index in [-0.39, 0.29) is 5.75 Å². The Morgan fingerprint density at radius 2 is 2.05 bits per heavy atom. The van der Waals surface area contributed by atoms with Crippen LogP contribution in [0.4, 0.5) is 4.39 Å². The highest BCUT2D eigenvalue weighted by molar-refractivity contribution is 5.83. The lowest BCUT2D eigenvalue weighted by Gasteiger charge is -2.09. The van der Waals surface area contributed by atoms with Gasteiger partial charge in [0.05, 0.1) is 12.7 Å². The molecule has 0 radical (unpaired) electrons. The van der Waals surface area contributed by atoms with Crippen molar-refractivity contribution in [3.05, 3.63) is 53.3 Å². The summed E-state index contributed by atoms with van der Waals surface area (Å²) in [4.78, 5) is 11.0. The molecule has 0 N–H and O–H groups in total. The maximum atomic E-state index is 14.1. The predicted octanol–water partition coefficient (Wildman–Crippen LogP) is 3.88. The summed E-state index contributed by atoms with van der Waals surface area (Å²) in [6, 6.07) is 10.4. The van der Waals surface area contributed by atoms with Gasteiger partial charge in [0, 0.05) is 11.6 Å². The molecule has 0 bridgehead atoms. The van der Waals surface area contributed by atoms with Crippen LogP contribution in [-0.2, 0) is 6.42 Å². The first-order chi connectivity index (χ1) is 9.19. The fraction of sp³-hybridized carbons (Fsp3) is 0.188. The minimum absolute atomic E-state index is 0.253. The minimum atomic E-state index is -0.393. The zero-order chi connectivity index (χ0) is 13.8. The van der Waals surface area contributed by atoms with E-state index < -0.39 is 5.82 Å². The zero-order valence-electron chi connectivity index (χ0n) is 10.9. The third kappa shape index (κ3) is 2.65. The summed E-state index contributed by atoms with van der Waals surface area (Å²) in [5.74, 6) is -0.140. The monoisotopic (exact) mass is 258 g/mol. The van der Waals surface area contributed by atoms with Gasteiger partial charge in [0.1, 0.15) is 11.6 Å². The van der Waals surface area contributed by atoms with Crippen molar-refractivity contribution in [2.45, 2.75) is 13.3 Å². The van der Waals surface area contributed by atoms with E-state index in [2.05, 4.69) is 0 Å². The van der Waals surface area contributed by atoms with Crippen LogP contribution in [0.1, 0.15) is 22.8 Å². The van der Waals surface area contributed by atoms with Crippen molar-refractivity contribution in [1.29, 1.82) is 0 Å². The highest BCUT2D eigenvalue weighted by Gasteiger charge is 2.11. The van der Waals surface area contributed by atoms with Gasteiger partial charge in [0.2, 0.25) is 0 Å². The predicted molar refractivity (Wildman–Crippen MR) is 73.2 cm³/mol. The van der Waals surface area contributed by atoms with E-state index in [4.69, 9.17) is 4.74 Å². The Morgan fingerprint density at radius 1 is 1.26 bits per heavy atom. The number of benzene rings is 2. The van der Waals surface area contributed by atoms with E-state index >= 15 is 0 Å². The summed E-state index contributed by atoms with van der Waals surface area (Å²) >= 11 is 0. The number of hydrogen-bond acceptors (Lipinski definition) is 2. The Bertz CT molecular complexity index is 606. The Balaban J connectivity index is 2.58. The number of rotatable bonds is 4. The number of ether oxygens (including phenoxy) is 1. The van der Waals surface area contributed by atoms with Crippen LogP contribution in [0, 0.1) is 5.82 Å². The number of halogens is 1. The van der Waals surface area contributed by atoms with Gasteiger partial charge in [-0.05, 0) is 23.6 Å². The first-order valence-corrected chi connectivity index (χ1v) is 6.11. The van der Waals surface area contributed by atoms with E-state index in [9.17, 15) is 9.18 Å². The van der Waals surface area contributed by atoms with Gasteiger partial charge in [-0.3, -0.25) is 4.79 Å². The molecular formula is C16H15FO2. The average molecular weight is 258 g/mol. The van der Waals surface area contributed by atoms with Gasteiger partial charge in [-0.25, -0.2) is 4.39 Å². The largest absolute Gasteiger partial charge is 0.496 e. The highest BCUT2D eigenvalue weighted by Crippen LogP contribution is 2.29. The maximum Gasteiger partial charge on any atom is 0.153 e. The van der Waals surface area contributed by atoms with Crippen molar-refractivity contribution in [1.82, 2.24) is 0 Å². The summed E-state index contributed by atoms with van der Waals surface area (Å²) < 4.78 is 19.1. The third-order valence-electron chi connectivity index (χ3n) is 3.09. The molecule has 0 aliphatic rings. The molecule has 0 saturated heterocycles. The fourth-order valence-corrected chi connectivity index (χ4v) is 2.02. The Kier molecular flexibility index (Phi) is 3.95. The first-order valence-electron chi connectivity index (χ1n) is 6.11. The Labute approximate surface area is 111 Å². The van der Waals surface area contributed by atoms with Crippen molar-refractivity contribution >= 4 is 6.29 Å². The van der Waals surface area contributed by atoms with Crippen LogP contribution in [0.25, 0.3) is 11.1 Å². The van der Waals surface area contributed by atoms with Crippen molar-refractivity contribution < 1.29 is 13.9 Å². The molecule has 0 aromatic heterocycles. The SMILES string of the molecule is CCc1cccc(-c2cc(C=O)c(OC)cc2F)c1. The normalized spacial score (nSPS) is 10.3. The highest BCUT2D eigenvalue weighted by atomic mass is 19.1. The van der Waals surface area contributed by atoms with E-state index in [0.717, 1.165) is 17.5 Å². The van der Waals surface area contributed by atoms with E-state index in [1.165, 1.54) is 19.2 Å². The maximum absolute atomic E-state index is 14.1. The number of carbonyl (C=O) groups is 1. The molecule has 2 nitrogen and oxygen atoms in total. The van der Waals surface area contributed by atoms with E-state index in [1.54, 1.807) is 0 Å². The molecule has 98 valence electrons. The molecule has 0 heterocycles. The average Bonchev–Trinajstić information content (AvgIpc) is 2.46. The lowest BCUT2D eigenvalue weighted by Crippen LogP contribution is -1.95. The number of methoxy groups -OCH3 is 1. The molecule has 0 aliphatic heterocycles. The number of aryl methyl sites for hydroxylation is 1. The molecule has 0 aliphatic carbocycles. The molecule has 0 saturated carbocycles. The van der Waals surface area contributed by atoms with Crippen LogP contribution in [0.3, 0.4) is 0 Å². The third-order valence-corrected chi connectivity index (χ3v) is 3.09. The fourth-order valence-electron chi connectivity index (χ4n) is 2.02. The second-order valence-corrected chi connectivity index (χ2v) is 4.25. The lowest BCUT2D eigenvalue weighted by atomic mass is 9.99. The standard InChI is InChI=1S/C16H15FO2/c1-3-11-5-4-6-12(7-11)14-8-13(10-18)16(19-2)9-15(14)17/h4-10H,3H2,1-2H3. The van der Waals surface area contributed by atoms with Crippen LogP contribution in [0.5, 0.6) is 5.75 Å². The molecule has 0 unspecified atom stereocenters. The van der Waals surface area contributed by atoms with Gasteiger partial charge in [-0.2, -0.15) is 0 Å². The zero-order valence-corrected chi connectivity index (χ0v) is 10.9. The molecule has 3 heteroatoms. The molecule has 2 rings (SSSR count). The quantitative estimate of drug-likeness (QED) is 0.778. The van der Waals surface area contributed by atoms with Crippen LogP contribution in [0.2, 0.25) is 0 Å². The van der Waals surface area contributed by atoms with Gasteiger partial charge in [-0.1, -0.05) is 31.2 Å². The van der Waals surface area contributed by atoms with Crippen LogP contribution in [0.15, 0.2) is 36.4 Å². The minimum Gasteiger partial charge on any atom is -0.496 e. The lowest BCUT2D eigenvalue weighted by molar-refractivity contribution is 0.112. The summed E-state index contributed by atoms with van der Waals surface area (Å²) in [5, 5.41) is 0. The first kappa shape index (κ1) is 13.3. The van der Waals surface area contributed by atoms with Gasteiger partial charge in [0.25, 0.3) is 0 Å². The Morgan fingerprint density at radius 3 is 2.68 bits per heavy atom. The molecule has 19 heavy (non-hydrogen) atoms. The molecule has 0 amide bonds. The second kappa shape index (κ2) is 5.65.